The van der Waals surface area contributed by atoms with Gasteiger partial charge in [0.2, 0.25) is 5.78 Å². The lowest BCUT2D eigenvalue weighted by atomic mass is 10.2. The lowest BCUT2D eigenvalue weighted by molar-refractivity contribution is -0.647. The Morgan fingerprint density at radius 3 is 2.25 bits per heavy atom. The fourth-order valence-corrected chi connectivity index (χ4v) is 1.82. The number of fused-ring (bicyclic) bond motifs is 1. The number of Topliss-reactive ketones (excluding diaryl/α,β-unsaturated/α-hetero) is 1. The molecule has 0 amide bonds. The number of carbonyl (C=O) groups excluding carboxylic acids is 1. The highest BCUT2D eigenvalue weighted by atomic mass is 19.4. The largest absolute Gasteiger partial charge is 0.618 e. The van der Waals surface area contributed by atoms with Crippen LogP contribution >= 0.6 is 0 Å². The van der Waals surface area contributed by atoms with Gasteiger partial charge in [-0.05, 0) is 6.07 Å². The van der Waals surface area contributed by atoms with Crippen LogP contribution in [0.15, 0.2) is 18.2 Å². The molecule has 1 heterocycles. The van der Waals surface area contributed by atoms with Gasteiger partial charge >= 0.3 is 17.6 Å². The smallest absolute Gasteiger partial charge is 0.486 e. The highest BCUT2D eigenvalue weighted by Gasteiger charge is 2.50. The standard InChI is InChI=1S/C11H6F4N2O3/c1-5(18)9-10(11(13,14)15)17(20)7-3-2-6(12)4-8(7)16(9)19/h2-4H,1H3. The molecule has 20 heavy (non-hydrogen) atoms. The van der Waals surface area contributed by atoms with Crippen LogP contribution in [0.3, 0.4) is 0 Å². The quantitative estimate of drug-likeness (QED) is 0.345. The van der Waals surface area contributed by atoms with Crippen LogP contribution in [0, 0.1) is 16.2 Å². The fraction of sp³-hybridized carbons (Fsp3) is 0.182. The van der Waals surface area contributed by atoms with Crippen molar-refractivity contribution in [3.63, 3.8) is 0 Å². The van der Waals surface area contributed by atoms with Crippen molar-refractivity contribution >= 4 is 16.8 Å². The third kappa shape index (κ3) is 2.00. The van der Waals surface area contributed by atoms with Crippen LogP contribution in [0.4, 0.5) is 17.6 Å². The fourth-order valence-electron chi connectivity index (χ4n) is 1.82. The molecule has 106 valence electrons. The van der Waals surface area contributed by atoms with E-state index in [0.29, 0.717) is 13.0 Å². The number of rotatable bonds is 1. The molecule has 0 aliphatic heterocycles. The van der Waals surface area contributed by atoms with Crippen molar-refractivity contribution < 1.29 is 31.8 Å². The Morgan fingerprint density at radius 2 is 1.75 bits per heavy atom. The zero-order valence-electron chi connectivity index (χ0n) is 9.86. The van der Waals surface area contributed by atoms with E-state index in [-0.39, 0.29) is 4.73 Å². The molecular weight excluding hydrogens is 284 g/mol. The van der Waals surface area contributed by atoms with Crippen molar-refractivity contribution in [3.05, 3.63) is 45.8 Å². The molecule has 9 heteroatoms. The third-order valence-electron chi connectivity index (χ3n) is 2.61. The SMILES string of the molecule is CC(=O)c1c(C(F)(F)F)[n+]([O-])c2ccc(F)cc2[n+]1[O-]. The summed E-state index contributed by atoms with van der Waals surface area (Å²) >= 11 is 0. The number of benzene rings is 1. The number of hydrogen-bond acceptors (Lipinski definition) is 3. The van der Waals surface area contributed by atoms with Crippen LogP contribution in [0.25, 0.3) is 11.0 Å². The zero-order valence-corrected chi connectivity index (χ0v) is 9.86. The van der Waals surface area contributed by atoms with E-state index >= 15 is 0 Å². The van der Waals surface area contributed by atoms with Gasteiger partial charge in [-0.1, -0.05) is 0 Å². The van der Waals surface area contributed by atoms with Gasteiger partial charge in [-0.2, -0.15) is 17.9 Å². The molecule has 0 N–H and O–H groups in total. The number of halogens is 4. The maximum Gasteiger partial charge on any atom is 0.486 e. The maximum atomic E-state index is 13.0. The predicted molar refractivity (Wildman–Crippen MR) is 56.8 cm³/mol. The summed E-state index contributed by atoms with van der Waals surface area (Å²) in [6.07, 6.45) is -5.20. The molecule has 0 radical (unpaired) electrons. The summed E-state index contributed by atoms with van der Waals surface area (Å²) < 4.78 is 50.7. The minimum atomic E-state index is -5.20. The molecule has 1 aromatic carbocycles. The zero-order chi connectivity index (χ0) is 15.2. The number of ketones is 1. The second kappa shape index (κ2) is 4.29. The number of carbonyl (C=O) groups is 1. The molecule has 0 unspecified atom stereocenters. The summed E-state index contributed by atoms with van der Waals surface area (Å²) in [4.78, 5) is 11.2. The van der Waals surface area contributed by atoms with Crippen molar-refractivity contribution in [2.45, 2.75) is 13.1 Å². The molecule has 0 fully saturated rings. The molecule has 0 saturated carbocycles. The van der Waals surface area contributed by atoms with Crippen LogP contribution < -0.4 is 9.46 Å². The van der Waals surface area contributed by atoms with Gasteiger partial charge in [0.15, 0.2) is 0 Å². The lowest BCUT2D eigenvalue weighted by Crippen LogP contribution is -2.49. The van der Waals surface area contributed by atoms with Crippen molar-refractivity contribution in [3.8, 4) is 0 Å². The molecule has 1 aromatic heterocycles. The number of aromatic nitrogens is 2. The minimum Gasteiger partial charge on any atom is -0.618 e. The molecule has 0 aliphatic carbocycles. The highest BCUT2D eigenvalue weighted by Crippen LogP contribution is 2.29. The Hall–Kier alpha value is -2.45. The van der Waals surface area contributed by atoms with Crippen molar-refractivity contribution in [2.75, 3.05) is 0 Å². The van der Waals surface area contributed by atoms with E-state index in [1.165, 1.54) is 0 Å². The van der Waals surface area contributed by atoms with E-state index in [0.717, 1.165) is 12.1 Å². The van der Waals surface area contributed by atoms with E-state index in [2.05, 4.69) is 0 Å². The molecule has 0 aliphatic rings. The third-order valence-corrected chi connectivity index (χ3v) is 2.61. The van der Waals surface area contributed by atoms with Crippen LogP contribution in [0.2, 0.25) is 0 Å². The second-order valence-electron chi connectivity index (χ2n) is 3.97. The average molecular weight is 290 g/mol. The minimum absolute atomic E-state index is 0.377. The molecule has 0 saturated heterocycles. The summed E-state index contributed by atoms with van der Waals surface area (Å²) in [7, 11) is 0. The van der Waals surface area contributed by atoms with Gasteiger partial charge in [-0.15, -0.1) is 4.73 Å². The Morgan fingerprint density at radius 1 is 1.15 bits per heavy atom. The summed E-state index contributed by atoms with van der Waals surface area (Å²) in [5.41, 5.74) is -4.62. The van der Waals surface area contributed by atoms with Crippen LogP contribution in [-0.4, -0.2) is 5.78 Å². The Kier molecular flexibility index (Phi) is 2.99. The topological polar surface area (TPSA) is 71.0 Å². The number of nitrogens with zero attached hydrogens (tertiary/aromatic N) is 2. The van der Waals surface area contributed by atoms with Gasteiger partial charge in [0, 0.05) is 13.0 Å². The maximum absolute atomic E-state index is 13.0. The Balaban J connectivity index is 3.06. The van der Waals surface area contributed by atoms with E-state index in [1.54, 1.807) is 0 Å². The predicted octanol–water partition coefficient (Wildman–Crippen LogP) is 1.47. The number of alkyl halides is 3. The molecule has 2 rings (SSSR count). The normalized spacial score (nSPS) is 11.8. The molecule has 5 nitrogen and oxygen atoms in total. The lowest BCUT2D eigenvalue weighted by Gasteiger charge is -2.13. The highest BCUT2D eigenvalue weighted by molar-refractivity contribution is 5.92. The van der Waals surface area contributed by atoms with Gasteiger partial charge in [-0.3, -0.25) is 4.79 Å². The second-order valence-corrected chi connectivity index (χ2v) is 3.97. The first-order valence-electron chi connectivity index (χ1n) is 5.21. The van der Waals surface area contributed by atoms with E-state index in [1.807, 2.05) is 0 Å². The summed E-state index contributed by atoms with van der Waals surface area (Å²) in [6, 6.07) is 2.07. The summed E-state index contributed by atoms with van der Waals surface area (Å²) in [6.45, 7) is 0.712. The first-order chi connectivity index (χ1) is 9.14. The van der Waals surface area contributed by atoms with E-state index in [9.17, 15) is 32.8 Å². The molecule has 0 spiro atoms. The number of hydrogen-bond donors (Lipinski definition) is 0. The van der Waals surface area contributed by atoms with E-state index in [4.69, 9.17) is 0 Å². The van der Waals surface area contributed by atoms with Crippen LogP contribution in [0.5, 0.6) is 0 Å². The molecule has 0 atom stereocenters. The van der Waals surface area contributed by atoms with Crippen LogP contribution in [0.1, 0.15) is 23.1 Å². The van der Waals surface area contributed by atoms with Gasteiger partial charge in [0.25, 0.3) is 11.0 Å². The molecule has 2 aromatic rings. The molecular formula is C11H6F4N2O3. The Bertz CT molecular complexity index is 728. The van der Waals surface area contributed by atoms with Gasteiger partial charge in [0.05, 0.1) is 6.07 Å². The monoisotopic (exact) mass is 290 g/mol. The first kappa shape index (κ1) is 14.0. The average Bonchev–Trinajstić information content (AvgIpc) is 2.31. The van der Waals surface area contributed by atoms with Crippen LogP contribution in [-0.2, 0) is 6.18 Å². The van der Waals surface area contributed by atoms with Crippen molar-refractivity contribution in [1.29, 1.82) is 0 Å². The van der Waals surface area contributed by atoms with E-state index < -0.39 is 44.9 Å². The van der Waals surface area contributed by atoms with Gasteiger partial charge in [-0.25, -0.2) is 4.39 Å². The summed E-state index contributed by atoms with van der Waals surface area (Å²) in [5, 5.41) is 23.6. The first-order valence-corrected chi connectivity index (χ1v) is 5.21. The van der Waals surface area contributed by atoms with Gasteiger partial charge in [0.1, 0.15) is 5.82 Å². The Labute approximate surface area is 108 Å². The summed E-state index contributed by atoms with van der Waals surface area (Å²) in [5.74, 6) is -2.17. The van der Waals surface area contributed by atoms with Gasteiger partial charge < -0.3 is 10.4 Å². The van der Waals surface area contributed by atoms with Crippen molar-refractivity contribution in [2.24, 2.45) is 0 Å². The molecule has 0 bridgehead atoms. The van der Waals surface area contributed by atoms with Crippen molar-refractivity contribution in [1.82, 2.24) is 0 Å².